The van der Waals surface area contributed by atoms with E-state index in [2.05, 4.69) is 0 Å². The predicted molar refractivity (Wildman–Crippen MR) is 80.2 cm³/mol. The summed E-state index contributed by atoms with van der Waals surface area (Å²) in [5.74, 6) is 1.28. The summed E-state index contributed by atoms with van der Waals surface area (Å²) >= 11 is 0. The van der Waals surface area contributed by atoms with Crippen molar-refractivity contribution in [3.63, 3.8) is 0 Å². The second-order valence-corrected chi connectivity index (χ2v) is 5.61. The van der Waals surface area contributed by atoms with E-state index in [0.29, 0.717) is 18.8 Å². The van der Waals surface area contributed by atoms with E-state index in [1.54, 1.807) is 24.8 Å². The lowest BCUT2D eigenvalue weighted by atomic mass is 10.1. The normalized spacial score (nSPS) is 13.7. The molecule has 1 aromatic rings. The van der Waals surface area contributed by atoms with Gasteiger partial charge in [-0.15, -0.1) is 0 Å². The van der Waals surface area contributed by atoms with Gasteiger partial charge in [0.2, 0.25) is 12.7 Å². The molecule has 0 radical (unpaired) electrons. The fraction of sp³-hybridized carbons (Fsp3) is 0.438. The lowest BCUT2D eigenvalue weighted by Crippen LogP contribution is -2.41. The molecule has 0 bridgehead atoms. The second kappa shape index (κ2) is 6.18. The van der Waals surface area contributed by atoms with Crippen LogP contribution in [0.4, 0.5) is 0 Å². The van der Waals surface area contributed by atoms with Crippen molar-refractivity contribution >= 4 is 12.0 Å². The molecule has 2 rings (SSSR count). The number of fused-ring (bicyclic) bond motifs is 1. The van der Waals surface area contributed by atoms with E-state index in [4.69, 9.17) is 9.47 Å². The van der Waals surface area contributed by atoms with Gasteiger partial charge in [-0.25, -0.2) is 0 Å². The van der Waals surface area contributed by atoms with E-state index in [-0.39, 0.29) is 12.7 Å². The number of carbonyl (C=O) groups is 1. The number of nitrogens with zero attached hydrogens (tertiary/aromatic N) is 1. The molecule has 1 heterocycles. The molecular formula is C16H21NO4. The number of benzene rings is 1. The lowest BCUT2D eigenvalue weighted by molar-refractivity contribution is -0.128. The zero-order valence-corrected chi connectivity index (χ0v) is 12.6. The first-order valence-electron chi connectivity index (χ1n) is 6.98. The Morgan fingerprint density at radius 3 is 2.76 bits per heavy atom. The molecule has 1 aliphatic heterocycles. The Balaban J connectivity index is 2.04. The fourth-order valence-electron chi connectivity index (χ4n) is 2.10. The summed E-state index contributed by atoms with van der Waals surface area (Å²) in [6.45, 7) is 6.34. The van der Waals surface area contributed by atoms with Gasteiger partial charge < -0.3 is 19.5 Å². The Kier molecular flexibility index (Phi) is 4.53. The molecule has 0 spiro atoms. The smallest absolute Gasteiger partial charge is 0.246 e. The van der Waals surface area contributed by atoms with Crippen molar-refractivity contribution in [1.29, 1.82) is 0 Å². The van der Waals surface area contributed by atoms with Crippen LogP contribution >= 0.6 is 0 Å². The first kappa shape index (κ1) is 15.4. The molecule has 1 aromatic carbocycles. The zero-order chi connectivity index (χ0) is 15.5. The minimum absolute atomic E-state index is 0.128. The van der Waals surface area contributed by atoms with Crippen LogP contribution in [0.15, 0.2) is 24.3 Å². The van der Waals surface area contributed by atoms with Gasteiger partial charge in [0.05, 0.1) is 5.60 Å². The van der Waals surface area contributed by atoms with Gasteiger partial charge in [0, 0.05) is 19.2 Å². The molecule has 0 aliphatic carbocycles. The third-order valence-corrected chi connectivity index (χ3v) is 3.09. The minimum Gasteiger partial charge on any atom is -0.454 e. The van der Waals surface area contributed by atoms with E-state index >= 15 is 0 Å². The SMILES string of the molecule is CCN(CC(C)(C)O)C(=O)C=Cc1ccc2c(c1)OCO2. The molecule has 21 heavy (non-hydrogen) atoms. The van der Waals surface area contributed by atoms with Gasteiger partial charge in [-0.3, -0.25) is 4.79 Å². The first-order valence-corrected chi connectivity index (χ1v) is 6.98. The van der Waals surface area contributed by atoms with Gasteiger partial charge in [0.25, 0.3) is 0 Å². The van der Waals surface area contributed by atoms with Crippen LogP contribution in [0.2, 0.25) is 0 Å². The number of ether oxygens (including phenoxy) is 2. The number of carbonyl (C=O) groups excluding carboxylic acids is 1. The largest absolute Gasteiger partial charge is 0.454 e. The summed E-state index contributed by atoms with van der Waals surface area (Å²) in [6, 6.07) is 5.52. The number of amides is 1. The number of hydrogen-bond donors (Lipinski definition) is 1. The second-order valence-electron chi connectivity index (χ2n) is 5.61. The van der Waals surface area contributed by atoms with Crippen LogP contribution in [0.3, 0.4) is 0 Å². The third-order valence-electron chi connectivity index (χ3n) is 3.09. The topological polar surface area (TPSA) is 59.0 Å². The van der Waals surface area contributed by atoms with E-state index < -0.39 is 5.60 Å². The summed E-state index contributed by atoms with van der Waals surface area (Å²) in [7, 11) is 0. The molecule has 0 fully saturated rings. The molecule has 5 heteroatoms. The molecule has 114 valence electrons. The molecule has 0 aromatic heterocycles. The summed E-state index contributed by atoms with van der Waals surface area (Å²) in [4.78, 5) is 13.7. The number of aliphatic hydroxyl groups is 1. The first-order chi connectivity index (χ1) is 9.89. The Morgan fingerprint density at radius 2 is 2.10 bits per heavy atom. The number of rotatable bonds is 5. The summed E-state index contributed by atoms with van der Waals surface area (Å²) < 4.78 is 10.5. The standard InChI is InChI=1S/C16H21NO4/c1-4-17(10-16(2,3)19)15(18)8-6-12-5-7-13-14(9-12)21-11-20-13/h5-9,19H,4,10-11H2,1-3H3. The van der Waals surface area contributed by atoms with Crippen LogP contribution in [0, 0.1) is 0 Å². The van der Waals surface area contributed by atoms with Gasteiger partial charge >= 0.3 is 0 Å². The minimum atomic E-state index is -0.905. The molecule has 0 saturated heterocycles. The fourth-order valence-corrected chi connectivity index (χ4v) is 2.10. The summed E-state index contributed by atoms with van der Waals surface area (Å²) in [5, 5.41) is 9.81. The lowest BCUT2D eigenvalue weighted by Gasteiger charge is -2.27. The summed E-state index contributed by atoms with van der Waals surface area (Å²) in [5.41, 5.74) is -0.0370. The highest BCUT2D eigenvalue weighted by Gasteiger charge is 2.19. The Labute approximate surface area is 124 Å². The maximum atomic E-state index is 12.1. The van der Waals surface area contributed by atoms with Crippen molar-refractivity contribution in [2.24, 2.45) is 0 Å². The van der Waals surface area contributed by atoms with Crippen molar-refractivity contribution in [1.82, 2.24) is 4.90 Å². The van der Waals surface area contributed by atoms with E-state index in [9.17, 15) is 9.90 Å². The van der Waals surface area contributed by atoms with Crippen LogP contribution < -0.4 is 9.47 Å². The van der Waals surface area contributed by atoms with Crippen LogP contribution in [-0.4, -0.2) is 41.4 Å². The van der Waals surface area contributed by atoms with Crippen molar-refractivity contribution in [2.75, 3.05) is 19.9 Å². The van der Waals surface area contributed by atoms with E-state index in [1.165, 1.54) is 6.08 Å². The quantitative estimate of drug-likeness (QED) is 0.844. The monoisotopic (exact) mass is 291 g/mol. The molecule has 1 N–H and O–H groups in total. The summed E-state index contributed by atoms with van der Waals surface area (Å²) in [6.07, 6.45) is 3.24. The van der Waals surface area contributed by atoms with Crippen LogP contribution in [0.5, 0.6) is 11.5 Å². The third kappa shape index (κ3) is 4.23. The average Bonchev–Trinajstić information content (AvgIpc) is 2.88. The molecule has 0 saturated carbocycles. The van der Waals surface area contributed by atoms with Crippen LogP contribution in [0.1, 0.15) is 26.3 Å². The van der Waals surface area contributed by atoms with Crippen molar-refractivity contribution in [3.05, 3.63) is 29.8 Å². The maximum Gasteiger partial charge on any atom is 0.246 e. The van der Waals surface area contributed by atoms with Crippen LogP contribution in [0.25, 0.3) is 6.08 Å². The molecular weight excluding hydrogens is 270 g/mol. The maximum absolute atomic E-state index is 12.1. The predicted octanol–water partition coefficient (Wildman–Crippen LogP) is 2.05. The van der Waals surface area contributed by atoms with Crippen molar-refractivity contribution in [3.8, 4) is 11.5 Å². The highest BCUT2D eigenvalue weighted by Crippen LogP contribution is 2.32. The van der Waals surface area contributed by atoms with Gasteiger partial charge in [-0.2, -0.15) is 0 Å². The molecule has 1 aliphatic rings. The highest BCUT2D eigenvalue weighted by atomic mass is 16.7. The molecule has 0 atom stereocenters. The average molecular weight is 291 g/mol. The van der Waals surface area contributed by atoms with E-state index in [1.807, 2.05) is 25.1 Å². The van der Waals surface area contributed by atoms with Gasteiger partial charge in [-0.05, 0) is 44.5 Å². The van der Waals surface area contributed by atoms with E-state index in [0.717, 1.165) is 11.3 Å². The van der Waals surface area contributed by atoms with Crippen LogP contribution in [-0.2, 0) is 4.79 Å². The van der Waals surface area contributed by atoms with Gasteiger partial charge in [0.15, 0.2) is 11.5 Å². The Bertz CT molecular complexity index is 546. The van der Waals surface area contributed by atoms with Gasteiger partial charge in [-0.1, -0.05) is 6.07 Å². The Hall–Kier alpha value is -2.01. The number of hydrogen-bond acceptors (Lipinski definition) is 4. The number of likely N-dealkylation sites (N-methyl/N-ethyl adjacent to an activating group) is 1. The molecule has 0 unspecified atom stereocenters. The molecule has 1 amide bonds. The van der Waals surface area contributed by atoms with Crippen molar-refractivity contribution < 1.29 is 19.4 Å². The Morgan fingerprint density at radius 1 is 1.38 bits per heavy atom. The van der Waals surface area contributed by atoms with Gasteiger partial charge in [0.1, 0.15) is 0 Å². The van der Waals surface area contributed by atoms with Crippen molar-refractivity contribution in [2.45, 2.75) is 26.4 Å². The zero-order valence-electron chi connectivity index (χ0n) is 12.6. The highest BCUT2D eigenvalue weighted by molar-refractivity contribution is 5.91. The molecule has 5 nitrogen and oxygen atoms in total.